The molecular formula is C96H128Cl2O23S3. The number of ether oxygens (including phenoxy) is 15. The first kappa shape index (κ1) is 109. The second kappa shape index (κ2) is 65.7. The van der Waals surface area contributed by atoms with Crippen molar-refractivity contribution in [2.24, 2.45) is 0 Å². The fourth-order valence-corrected chi connectivity index (χ4v) is 12.8. The van der Waals surface area contributed by atoms with Crippen molar-refractivity contribution >= 4 is 106 Å². The Morgan fingerprint density at radius 1 is 0.427 bits per heavy atom. The van der Waals surface area contributed by atoms with Crippen LogP contribution in [0.25, 0.3) is 0 Å². The molecule has 5 aromatic rings. The molecule has 7 rings (SSSR count). The van der Waals surface area contributed by atoms with E-state index >= 15 is 0 Å². The molecule has 0 N–H and O–H groups in total. The molecule has 1 fully saturated rings. The molecule has 124 heavy (non-hydrogen) atoms. The van der Waals surface area contributed by atoms with Crippen LogP contribution in [0.3, 0.4) is 0 Å². The number of carbonyl (C=O) groups excluding carboxylic acids is 8. The van der Waals surface area contributed by atoms with Crippen molar-refractivity contribution in [3.05, 3.63) is 221 Å². The summed E-state index contributed by atoms with van der Waals surface area (Å²) in [6.45, 7) is 41.8. The van der Waals surface area contributed by atoms with Crippen molar-refractivity contribution < 1.29 is 109 Å². The minimum Gasteiger partial charge on any atom is -0.491 e. The number of benzene rings is 5. The van der Waals surface area contributed by atoms with Gasteiger partial charge in [-0.1, -0.05) is 146 Å². The normalized spacial score (nSPS) is 12.9. The van der Waals surface area contributed by atoms with Gasteiger partial charge in [0, 0.05) is 91.0 Å². The van der Waals surface area contributed by atoms with Gasteiger partial charge in [0.15, 0.2) is 0 Å². The summed E-state index contributed by atoms with van der Waals surface area (Å²) in [5.41, 5.74) is 4.47. The average Bonchev–Trinajstić information content (AvgIpc) is 1.82. The van der Waals surface area contributed by atoms with Gasteiger partial charge in [-0.2, -0.15) is 0 Å². The van der Waals surface area contributed by atoms with Crippen LogP contribution >= 0.6 is 58.5 Å². The van der Waals surface area contributed by atoms with Crippen LogP contribution in [0.2, 0.25) is 10.0 Å². The van der Waals surface area contributed by atoms with Gasteiger partial charge in [-0.05, 0) is 193 Å². The second-order valence-electron chi connectivity index (χ2n) is 29.6. The van der Waals surface area contributed by atoms with Crippen molar-refractivity contribution in [1.29, 1.82) is 0 Å². The van der Waals surface area contributed by atoms with Crippen LogP contribution in [0, 0.1) is 0 Å². The summed E-state index contributed by atoms with van der Waals surface area (Å²) < 4.78 is 80.0. The first-order valence-electron chi connectivity index (χ1n) is 41.7. The van der Waals surface area contributed by atoms with Gasteiger partial charge in [0.2, 0.25) is 0 Å². The highest BCUT2D eigenvalue weighted by Gasteiger charge is 2.26. The lowest BCUT2D eigenvalue weighted by molar-refractivity contribution is -0.151. The van der Waals surface area contributed by atoms with Gasteiger partial charge in [0.25, 0.3) is 0 Å². The second-order valence-corrected chi connectivity index (χ2v) is 33.7. The van der Waals surface area contributed by atoms with Gasteiger partial charge >= 0.3 is 47.8 Å². The van der Waals surface area contributed by atoms with Crippen molar-refractivity contribution in [2.75, 3.05) is 103 Å². The molecule has 0 spiro atoms. The van der Waals surface area contributed by atoms with E-state index in [2.05, 4.69) is 98.2 Å². The van der Waals surface area contributed by atoms with E-state index in [0.717, 1.165) is 58.0 Å². The van der Waals surface area contributed by atoms with Crippen LogP contribution in [0.4, 0.5) is 0 Å². The zero-order valence-corrected chi connectivity index (χ0v) is 78.0. The standard InChI is InChI=1S/C26H31ClO5S.C25H29ClO5S.C20H26O3S.C13H22O5.C12H20O5/c1-18(2)20-7-11-22(12-8-20)31-16-23(17-33-24-13-9-21(27)10-14-24)32-25(28)6-5-15-30-26(29)19(3)4;1-4-24(27)29-15-5-6-25(28)31-22(17-32-23-13-9-20(26)10-14-23)16-30-21-11-7-19(8-12-21)18(2)3;1-15(2)16-7-9-17(10-8-16)21-13-19(23-12-18-11-22-18)14-24-20-5-3-4-6-20;1-10(2)13(15)18-7-5-6-12(14)17-9-8-16-11(3)4;1-4-11(13)16-7-5-6-12(14)17-9-8-15-10(2)3/h7-14,18,23H,3,5-6,15-17H2,1-2,4H3;4,7-14,18,22H,1,5-6,15-17H2,2-3H3;3,5-10,15,18-19H,4,11-14H2,1-2H3;11H,1,5-9H2,2-4H3;4,10H,1,5-9H2,2-3H3. The van der Waals surface area contributed by atoms with Crippen molar-refractivity contribution in [3.63, 3.8) is 0 Å². The Hall–Kier alpha value is -8.83. The quantitative estimate of drug-likeness (QED) is 0.00873. The van der Waals surface area contributed by atoms with Crippen LogP contribution in [0.15, 0.2) is 204 Å². The SMILES string of the molecule is C=C(C)C(=O)OCCCC(=O)OC(COc1ccc(C(C)C)cc1)CSc1ccc(Cl)cc1.C=C(C)C(=O)OCCCC(=O)OCCOC(C)C.C=CC(=O)OCCCC(=O)OC(COc1ccc(C(C)C)cc1)CSc1ccc(Cl)cc1.C=CC(=O)OCCCC(=O)OCCOC(C)C.CC(C)c1ccc(OCC(CSC2=CCC=C2)OCC2CO2)cc1. The maximum Gasteiger partial charge on any atom is 0.333 e. The molecule has 0 radical (unpaired) electrons. The maximum absolute atomic E-state index is 12.4. The average molecular weight is 1820 g/mol. The topological polar surface area (TPSA) is 278 Å². The van der Waals surface area contributed by atoms with E-state index < -0.39 is 36.1 Å². The summed E-state index contributed by atoms with van der Waals surface area (Å²) in [5, 5.41) is 1.34. The molecule has 0 amide bonds. The van der Waals surface area contributed by atoms with E-state index in [4.69, 9.17) is 94.3 Å². The number of esters is 8. The Kier molecular flexibility index (Phi) is 57.9. The van der Waals surface area contributed by atoms with Gasteiger partial charge in [0.1, 0.15) is 74.7 Å². The van der Waals surface area contributed by atoms with Crippen LogP contribution < -0.4 is 14.2 Å². The molecule has 4 atom stereocenters. The fraction of sp³-hybridized carbons (Fsp3) is 0.479. The molecule has 1 saturated heterocycles. The van der Waals surface area contributed by atoms with Crippen LogP contribution in [-0.2, 0) is 95.2 Å². The molecule has 23 nitrogen and oxygen atoms in total. The van der Waals surface area contributed by atoms with Crippen LogP contribution in [-0.4, -0.2) is 188 Å². The number of thioether (sulfide) groups is 3. The summed E-state index contributed by atoms with van der Waals surface area (Å²) in [6, 6.07) is 39.2. The van der Waals surface area contributed by atoms with E-state index in [-0.39, 0.29) is 127 Å². The van der Waals surface area contributed by atoms with Crippen molar-refractivity contribution in [3.8, 4) is 17.2 Å². The minimum absolute atomic E-state index is 0.0684. The van der Waals surface area contributed by atoms with Gasteiger partial charge in [-0.3, -0.25) is 19.2 Å². The molecule has 28 heteroatoms. The molecule has 5 aromatic carbocycles. The zero-order valence-electron chi connectivity index (χ0n) is 74.0. The largest absolute Gasteiger partial charge is 0.491 e. The fourth-order valence-electron chi connectivity index (χ4n) is 9.79. The zero-order chi connectivity index (χ0) is 91.4. The Balaban J connectivity index is 0.000000410. The third-order valence-corrected chi connectivity index (χ3v) is 20.8. The minimum atomic E-state index is -0.507. The van der Waals surface area contributed by atoms with Crippen molar-refractivity contribution in [2.45, 2.75) is 205 Å². The number of halogens is 2. The van der Waals surface area contributed by atoms with E-state index in [1.807, 2.05) is 149 Å². The number of hydrogen-bond donors (Lipinski definition) is 0. The summed E-state index contributed by atoms with van der Waals surface area (Å²) in [5.74, 6) is 2.51. The van der Waals surface area contributed by atoms with Crippen LogP contribution in [0.1, 0.15) is 175 Å². The number of rotatable bonds is 54. The highest BCUT2D eigenvalue weighted by molar-refractivity contribution is 8.03. The van der Waals surface area contributed by atoms with E-state index in [0.29, 0.717) is 103 Å². The molecule has 1 aliphatic carbocycles. The smallest absolute Gasteiger partial charge is 0.333 e. The van der Waals surface area contributed by atoms with Gasteiger partial charge < -0.3 is 71.1 Å². The molecule has 2 aliphatic rings. The van der Waals surface area contributed by atoms with E-state index in [1.54, 1.807) is 37.4 Å². The van der Waals surface area contributed by atoms with Gasteiger partial charge in [-0.25, -0.2) is 19.2 Å². The first-order valence-corrected chi connectivity index (χ1v) is 45.4. The summed E-state index contributed by atoms with van der Waals surface area (Å²) in [4.78, 5) is 94.6. The molecule has 682 valence electrons. The molecule has 0 aromatic heterocycles. The molecule has 1 heterocycles. The molecule has 4 unspecified atom stereocenters. The number of carbonyl (C=O) groups is 8. The van der Waals surface area contributed by atoms with E-state index in [9.17, 15) is 38.4 Å². The molecule has 0 saturated carbocycles. The number of epoxide rings is 1. The lowest BCUT2D eigenvalue weighted by Crippen LogP contribution is -2.27. The summed E-state index contributed by atoms with van der Waals surface area (Å²) >= 11 is 16.9. The highest BCUT2D eigenvalue weighted by Crippen LogP contribution is 2.29. The highest BCUT2D eigenvalue weighted by atomic mass is 35.5. The van der Waals surface area contributed by atoms with Crippen LogP contribution in [0.5, 0.6) is 17.2 Å². The summed E-state index contributed by atoms with van der Waals surface area (Å²) in [7, 11) is 0. The Labute approximate surface area is 757 Å². The predicted octanol–water partition coefficient (Wildman–Crippen LogP) is 20.4. The molecule has 1 aliphatic heterocycles. The van der Waals surface area contributed by atoms with Crippen molar-refractivity contribution in [1.82, 2.24) is 0 Å². The monoisotopic (exact) mass is 1810 g/mol. The van der Waals surface area contributed by atoms with Gasteiger partial charge in [0.05, 0.1) is 65.1 Å². The Morgan fingerprint density at radius 2 is 0.766 bits per heavy atom. The third-order valence-electron chi connectivity index (χ3n) is 16.8. The Morgan fingerprint density at radius 3 is 1.08 bits per heavy atom. The first-order chi connectivity index (χ1) is 59.3. The van der Waals surface area contributed by atoms with E-state index in [1.165, 1.54) is 21.6 Å². The lowest BCUT2D eigenvalue weighted by Gasteiger charge is -2.19. The molecule has 0 bridgehead atoms. The number of hydrogen-bond acceptors (Lipinski definition) is 26. The van der Waals surface area contributed by atoms with Gasteiger partial charge in [-0.15, -0.1) is 35.3 Å². The predicted molar refractivity (Wildman–Crippen MR) is 491 cm³/mol. The molecular weight excluding hydrogens is 1690 g/mol. The Bertz CT molecular complexity index is 4010. The number of allylic oxidation sites excluding steroid dienone is 3. The maximum atomic E-state index is 12.4. The lowest BCUT2D eigenvalue weighted by atomic mass is 10.0. The summed E-state index contributed by atoms with van der Waals surface area (Å²) in [6.07, 6.45) is 12.0. The third kappa shape index (κ3) is 55.5.